The van der Waals surface area contributed by atoms with E-state index in [1.807, 2.05) is 12.1 Å². The molecule has 1 aromatic carbocycles. The number of piperidine rings is 1. The molecule has 4 N–H and O–H groups in total. The van der Waals surface area contributed by atoms with Crippen molar-refractivity contribution in [3.05, 3.63) is 52.6 Å². The summed E-state index contributed by atoms with van der Waals surface area (Å²) in [5.41, 5.74) is 6.46. The van der Waals surface area contributed by atoms with Crippen molar-refractivity contribution in [2.45, 2.75) is 38.8 Å². The van der Waals surface area contributed by atoms with Crippen LogP contribution < -0.4 is 22.1 Å². The van der Waals surface area contributed by atoms with Gasteiger partial charge in [0.15, 0.2) is 0 Å². The lowest BCUT2D eigenvalue weighted by Crippen LogP contribution is -2.58. The Balaban J connectivity index is 1.11. The quantitative estimate of drug-likeness (QED) is 0.504. The molecule has 0 radical (unpaired) electrons. The van der Waals surface area contributed by atoms with Crippen LogP contribution in [0.4, 0.5) is 10.6 Å². The highest BCUT2D eigenvalue weighted by atomic mass is 16.2. The molecule has 0 atom stereocenters. The number of nitrogens with zero attached hydrogens (tertiary/aromatic N) is 5. The van der Waals surface area contributed by atoms with Gasteiger partial charge in [-0.25, -0.2) is 9.59 Å². The molecular formula is C28H40N8O3. The zero-order chi connectivity index (χ0) is 27.6. The van der Waals surface area contributed by atoms with E-state index in [9.17, 15) is 14.4 Å². The third-order valence-electron chi connectivity index (χ3n) is 8.10. The van der Waals surface area contributed by atoms with E-state index in [4.69, 9.17) is 5.73 Å². The minimum atomic E-state index is -0.941. The zero-order valence-electron chi connectivity index (χ0n) is 22.9. The summed E-state index contributed by atoms with van der Waals surface area (Å²) < 4.78 is 1.47. The van der Waals surface area contributed by atoms with Gasteiger partial charge in [-0.05, 0) is 75.4 Å². The van der Waals surface area contributed by atoms with Crippen LogP contribution in [-0.2, 0) is 11.3 Å². The number of likely N-dealkylation sites (tertiary alicyclic amines) is 1. The Bertz CT molecular complexity index is 1220. The lowest BCUT2D eigenvalue weighted by atomic mass is 9.80. The minimum absolute atomic E-state index is 0.136. The Hall–Kier alpha value is -3.28. The van der Waals surface area contributed by atoms with Crippen LogP contribution in [-0.4, -0.2) is 94.1 Å². The highest BCUT2D eigenvalue weighted by Crippen LogP contribution is 2.31. The van der Waals surface area contributed by atoms with Gasteiger partial charge < -0.3 is 20.9 Å². The first-order valence-electron chi connectivity index (χ1n) is 13.9. The van der Waals surface area contributed by atoms with Crippen LogP contribution in [0.2, 0.25) is 0 Å². The number of carbonyl (C=O) groups is 2. The van der Waals surface area contributed by atoms with Crippen LogP contribution >= 0.6 is 0 Å². The Morgan fingerprint density at radius 2 is 1.64 bits per heavy atom. The summed E-state index contributed by atoms with van der Waals surface area (Å²) in [6, 6.07) is 9.26. The Labute approximate surface area is 229 Å². The van der Waals surface area contributed by atoms with Gasteiger partial charge in [0.05, 0.1) is 11.2 Å². The molecule has 5 rings (SSSR count). The van der Waals surface area contributed by atoms with Crippen molar-refractivity contribution in [2.75, 3.05) is 57.7 Å². The van der Waals surface area contributed by atoms with Crippen LogP contribution in [0, 0.1) is 11.8 Å². The summed E-state index contributed by atoms with van der Waals surface area (Å²) in [7, 11) is 0. The first-order chi connectivity index (χ1) is 18.7. The normalized spacial score (nSPS) is 19.6. The van der Waals surface area contributed by atoms with Crippen molar-refractivity contribution in [1.82, 2.24) is 29.6 Å². The molecule has 0 bridgehead atoms. The van der Waals surface area contributed by atoms with Gasteiger partial charge in [-0.15, -0.1) is 0 Å². The number of nitrogens with two attached hydrogens (primary N) is 1. The van der Waals surface area contributed by atoms with Crippen molar-refractivity contribution in [3.8, 4) is 5.69 Å². The molecule has 3 aliphatic rings. The van der Waals surface area contributed by atoms with Crippen molar-refractivity contribution in [1.29, 1.82) is 0 Å². The summed E-state index contributed by atoms with van der Waals surface area (Å²) in [5.74, 6) is 1.75. The first-order valence-corrected chi connectivity index (χ1v) is 13.9. The van der Waals surface area contributed by atoms with Crippen molar-refractivity contribution in [3.63, 3.8) is 0 Å². The first kappa shape index (κ1) is 27.3. The average Bonchev–Trinajstić information content (AvgIpc) is 2.91. The van der Waals surface area contributed by atoms with E-state index < -0.39 is 11.2 Å². The third kappa shape index (κ3) is 6.48. The van der Waals surface area contributed by atoms with Gasteiger partial charge in [-0.2, -0.15) is 4.98 Å². The van der Waals surface area contributed by atoms with Gasteiger partial charge in [-0.3, -0.25) is 19.6 Å². The number of anilines is 1. The second-order valence-corrected chi connectivity index (χ2v) is 11.6. The molecular weight excluding hydrogens is 496 g/mol. The van der Waals surface area contributed by atoms with E-state index in [1.165, 1.54) is 36.1 Å². The SMILES string of the molecule is CC(C)(N)C(=O)N1CCN(C(=O)Nc2ccn(-c3ccc(CN4CC(C5CCNCC5)C4)cc3)c(=O)n2)CC1. The fourth-order valence-corrected chi connectivity index (χ4v) is 5.75. The van der Waals surface area contributed by atoms with Crippen LogP contribution in [0.5, 0.6) is 0 Å². The number of nitrogens with one attached hydrogen (secondary N) is 2. The largest absolute Gasteiger partial charge is 0.354 e. The molecule has 3 saturated heterocycles. The van der Waals surface area contributed by atoms with Gasteiger partial charge in [0.25, 0.3) is 0 Å². The molecule has 0 saturated carbocycles. The summed E-state index contributed by atoms with van der Waals surface area (Å²) in [4.78, 5) is 47.6. The zero-order valence-corrected chi connectivity index (χ0v) is 22.9. The molecule has 3 amide bonds. The van der Waals surface area contributed by atoms with Crippen LogP contribution in [0.25, 0.3) is 5.69 Å². The maximum atomic E-state index is 12.7. The number of piperazine rings is 1. The molecule has 11 nitrogen and oxygen atoms in total. The standard InChI is InChI=1S/C28H40N8O3/c1-28(2,29)25(37)34-13-15-35(16-14-34)26(38)31-24-9-12-36(27(39)32-24)23-5-3-20(4-6-23)17-33-18-22(19-33)21-7-10-30-11-8-21/h3-6,9,12,21-22,30H,7-8,10-11,13-19,29H2,1-2H3,(H,31,32,38,39). The fourth-order valence-electron chi connectivity index (χ4n) is 5.75. The van der Waals surface area contributed by atoms with Gasteiger partial charge >= 0.3 is 11.7 Å². The fraction of sp³-hybridized carbons (Fsp3) is 0.571. The van der Waals surface area contributed by atoms with E-state index in [2.05, 4.69) is 32.7 Å². The number of amides is 3. The smallest absolute Gasteiger partial charge is 0.338 e. The molecule has 4 heterocycles. The van der Waals surface area contributed by atoms with E-state index >= 15 is 0 Å². The molecule has 11 heteroatoms. The van der Waals surface area contributed by atoms with E-state index in [0.29, 0.717) is 26.2 Å². The lowest BCUT2D eigenvalue weighted by molar-refractivity contribution is -0.137. The number of benzene rings is 1. The van der Waals surface area contributed by atoms with Gasteiger partial charge in [-0.1, -0.05) is 12.1 Å². The maximum Gasteiger partial charge on any atom is 0.354 e. The maximum absolute atomic E-state index is 12.7. The molecule has 210 valence electrons. The molecule has 3 aliphatic heterocycles. The Morgan fingerprint density at radius 3 is 2.26 bits per heavy atom. The Kier molecular flexibility index (Phi) is 8.01. The number of urea groups is 1. The summed E-state index contributed by atoms with van der Waals surface area (Å²) in [6.45, 7) is 10.5. The monoisotopic (exact) mass is 536 g/mol. The van der Waals surface area contributed by atoms with Crippen molar-refractivity contribution in [2.24, 2.45) is 17.6 Å². The molecule has 0 aliphatic carbocycles. The van der Waals surface area contributed by atoms with Crippen LogP contribution in [0.1, 0.15) is 32.3 Å². The molecule has 0 unspecified atom stereocenters. The molecule has 0 spiro atoms. The molecule has 3 fully saturated rings. The van der Waals surface area contributed by atoms with Crippen LogP contribution in [0.3, 0.4) is 0 Å². The number of hydrogen-bond donors (Lipinski definition) is 3. The second kappa shape index (κ2) is 11.4. The number of carbonyl (C=O) groups excluding carboxylic acids is 2. The van der Waals surface area contributed by atoms with Crippen molar-refractivity contribution < 1.29 is 9.59 Å². The number of rotatable bonds is 6. The van der Waals surface area contributed by atoms with Crippen LogP contribution in [0.15, 0.2) is 41.3 Å². The summed E-state index contributed by atoms with van der Waals surface area (Å²) in [6.07, 6.45) is 4.22. The number of hydrogen-bond acceptors (Lipinski definition) is 7. The highest BCUT2D eigenvalue weighted by molar-refractivity contribution is 5.89. The van der Waals surface area contributed by atoms with Gasteiger partial charge in [0.1, 0.15) is 5.82 Å². The lowest BCUT2D eigenvalue weighted by Gasteiger charge is -2.45. The molecule has 1 aromatic heterocycles. The highest BCUT2D eigenvalue weighted by Gasteiger charge is 2.34. The van der Waals surface area contributed by atoms with Crippen molar-refractivity contribution >= 4 is 17.8 Å². The predicted octanol–water partition coefficient (Wildman–Crippen LogP) is 1.08. The molecule has 39 heavy (non-hydrogen) atoms. The van der Waals surface area contributed by atoms with E-state index in [1.54, 1.807) is 35.9 Å². The summed E-state index contributed by atoms with van der Waals surface area (Å²) in [5, 5.41) is 6.15. The molecule has 2 aromatic rings. The van der Waals surface area contributed by atoms with Gasteiger partial charge in [0.2, 0.25) is 5.91 Å². The Morgan fingerprint density at radius 1 is 1.00 bits per heavy atom. The summed E-state index contributed by atoms with van der Waals surface area (Å²) >= 11 is 0. The van der Waals surface area contributed by atoms with Gasteiger partial charge in [0, 0.05) is 52.0 Å². The second-order valence-electron chi connectivity index (χ2n) is 11.6. The number of aromatic nitrogens is 2. The predicted molar refractivity (Wildman–Crippen MR) is 150 cm³/mol. The third-order valence-corrected chi connectivity index (χ3v) is 8.10. The average molecular weight is 537 g/mol. The van der Waals surface area contributed by atoms with E-state index in [-0.39, 0.29) is 17.8 Å². The minimum Gasteiger partial charge on any atom is -0.338 e. The topological polar surface area (TPSA) is 129 Å². The van der Waals surface area contributed by atoms with E-state index in [0.717, 1.165) is 37.2 Å².